The van der Waals surface area contributed by atoms with E-state index in [4.69, 9.17) is 0 Å². The molecule has 0 unspecified atom stereocenters. The Balaban J connectivity index is 1.71. The minimum Gasteiger partial charge on any atom is -0.338 e. The molecule has 154 valence electrons. The van der Waals surface area contributed by atoms with Gasteiger partial charge in [-0.05, 0) is 36.4 Å². The molecule has 4 rings (SSSR count). The first-order chi connectivity index (χ1) is 14.1. The van der Waals surface area contributed by atoms with Gasteiger partial charge in [0.15, 0.2) is 0 Å². The van der Waals surface area contributed by atoms with Gasteiger partial charge < -0.3 is 9.80 Å². The van der Waals surface area contributed by atoms with Crippen LogP contribution in [0.15, 0.2) is 39.8 Å². The molecular formula is C21H26N4O4. The Morgan fingerprint density at radius 3 is 2.66 bits per heavy atom. The summed E-state index contributed by atoms with van der Waals surface area (Å²) < 4.78 is 4.62. The number of nitrogens with zero attached hydrogens (tertiary/aromatic N) is 3. The second kappa shape index (κ2) is 8.23. The molecule has 0 aliphatic carbocycles. The third-order valence-corrected chi connectivity index (χ3v) is 6.15. The molecule has 1 aromatic carbocycles. The fraction of sp³-hybridized carbons (Fsp3) is 0.524. The van der Waals surface area contributed by atoms with Crippen LogP contribution in [0.5, 0.6) is 0 Å². The van der Waals surface area contributed by atoms with Crippen molar-refractivity contribution >= 4 is 11.8 Å². The highest BCUT2D eigenvalue weighted by molar-refractivity contribution is 5.92. The number of rotatable bonds is 3. The summed E-state index contributed by atoms with van der Waals surface area (Å²) in [6, 6.07) is 9.70. The van der Waals surface area contributed by atoms with Crippen LogP contribution in [-0.2, 0) is 11.2 Å². The number of amides is 2. The minimum absolute atomic E-state index is 0.0361. The highest BCUT2D eigenvalue weighted by Gasteiger charge is 2.47. The van der Waals surface area contributed by atoms with Crippen molar-refractivity contribution in [2.45, 2.75) is 63.6 Å². The van der Waals surface area contributed by atoms with E-state index in [9.17, 15) is 14.4 Å². The smallest absolute Gasteiger partial charge is 0.313 e. The van der Waals surface area contributed by atoms with Crippen molar-refractivity contribution in [3.63, 3.8) is 0 Å². The zero-order valence-corrected chi connectivity index (χ0v) is 16.5. The third kappa shape index (κ3) is 3.83. The zero-order chi connectivity index (χ0) is 20.4. The normalized spacial score (nSPS) is 24.7. The van der Waals surface area contributed by atoms with Crippen LogP contribution in [-0.4, -0.2) is 56.6 Å². The van der Waals surface area contributed by atoms with E-state index in [1.54, 1.807) is 11.8 Å². The summed E-state index contributed by atoms with van der Waals surface area (Å²) >= 11 is 0. The Morgan fingerprint density at radius 1 is 1.17 bits per heavy atom. The molecule has 3 heterocycles. The summed E-state index contributed by atoms with van der Waals surface area (Å²) in [6.07, 6.45) is 5.15. The summed E-state index contributed by atoms with van der Waals surface area (Å²) in [5, 5.41) is 5.73. The highest BCUT2D eigenvalue weighted by Crippen LogP contribution is 2.36. The van der Waals surface area contributed by atoms with E-state index in [1.807, 2.05) is 35.2 Å². The molecule has 8 nitrogen and oxygen atoms in total. The van der Waals surface area contributed by atoms with E-state index < -0.39 is 11.5 Å². The summed E-state index contributed by atoms with van der Waals surface area (Å²) in [5.74, 6) is -0.383. The van der Waals surface area contributed by atoms with E-state index >= 15 is 0 Å². The predicted molar refractivity (Wildman–Crippen MR) is 105 cm³/mol. The molecule has 2 saturated heterocycles. The van der Waals surface area contributed by atoms with Crippen LogP contribution in [0.3, 0.4) is 0 Å². The second-order valence-electron chi connectivity index (χ2n) is 7.95. The molecule has 2 amide bonds. The molecule has 1 aromatic heterocycles. The third-order valence-electron chi connectivity index (χ3n) is 6.15. The van der Waals surface area contributed by atoms with E-state index in [0.29, 0.717) is 19.4 Å². The minimum atomic E-state index is -0.619. The van der Waals surface area contributed by atoms with Crippen LogP contribution in [0.2, 0.25) is 0 Å². The van der Waals surface area contributed by atoms with Crippen LogP contribution in [0.1, 0.15) is 55.1 Å². The molecule has 0 saturated carbocycles. The summed E-state index contributed by atoms with van der Waals surface area (Å²) in [5.41, 5.74) is 0.277. The van der Waals surface area contributed by atoms with Gasteiger partial charge in [-0.3, -0.25) is 19.0 Å². The van der Waals surface area contributed by atoms with Crippen molar-refractivity contribution in [3.8, 4) is 0 Å². The quantitative estimate of drug-likeness (QED) is 0.852. The van der Waals surface area contributed by atoms with E-state index in [0.717, 1.165) is 31.2 Å². The predicted octanol–water partition coefficient (Wildman–Crippen LogP) is 1.98. The molecule has 2 fully saturated rings. The Hall–Kier alpha value is -2.90. The number of H-pyrrole nitrogens is 1. The number of carbonyl (C=O) groups excluding carboxylic acids is 2. The molecule has 0 radical (unpaired) electrons. The monoisotopic (exact) mass is 398 g/mol. The zero-order valence-electron chi connectivity index (χ0n) is 16.5. The number of aromatic amines is 1. The maximum atomic E-state index is 13.3. The van der Waals surface area contributed by atoms with Crippen molar-refractivity contribution in [2.75, 3.05) is 6.54 Å². The molecular weight excluding hydrogens is 372 g/mol. The highest BCUT2D eigenvalue weighted by atomic mass is 16.6. The number of aromatic nitrogens is 2. The molecule has 2 aromatic rings. The molecule has 8 heteroatoms. The average molecular weight is 398 g/mol. The van der Waals surface area contributed by atoms with Gasteiger partial charge in [0.05, 0.1) is 12.1 Å². The second-order valence-corrected chi connectivity index (χ2v) is 7.95. The first-order valence-corrected chi connectivity index (χ1v) is 10.2. The maximum absolute atomic E-state index is 13.3. The van der Waals surface area contributed by atoms with Gasteiger partial charge in [0, 0.05) is 19.5 Å². The molecule has 3 atom stereocenters. The van der Waals surface area contributed by atoms with Gasteiger partial charge in [0.1, 0.15) is 0 Å². The lowest BCUT2D eigenvalue weighted by Crippen LogP contribution is -2.51. The van der Waals surface area contributed by atoms with Crippen molar-refractivity contribution in [2.24, 2.45) is 0 Å². The van der Waals surface area contributed by atoms with Gasteiger partial charge in [0.25, 0.3) is 5.91 Å². The number of fused-ring (bicyclic) bond motifs is 1. The standard InChI is InChI=1S/C21H26N4O4/c1-14(26)24-11-7-3-6-10-17-18(24)13-16(12-15-8-4-2-5-9-15)25(17)21(28)19-20(27)23-29-22-19/h2,4-5,8-9,16-18H,3,6-7,10-13H2,1H3,(H,23,27)/t16-,17-,18+/m1/s1. The lowest BCUT2D eigenvalue weighted by molar-refractivity contribution is -0.132. The largest absolute Gasteiger partial charge is 0.338 e. The van der Waals surface area contributed by atoms with Crippen molar-refractivity contribution in [1.82, 2.24) is 20.1 Å². The number of nitrogens with one attached hydrogen (secondary N) is 1. The average Bonchev–Trinajstić information content (AvgIpc) is 3.26. The van der Waals surface area contributed by atoms with Gasteiger partial charge in [-0.15, -0.1) is 0 Å². The van der Waals surface area contributed by atoms with Crippen molar-refractivity contribution < 1.29 is 14.2 Å². The van der Waals surface area contributed by atoms with Crippen LogP contribution in [0.25, 0.3) is 0 Å². The maximum Gasteiger partial charge on any atom is 0.313 e. The molecule has 0 spiro atoms. The topological polar surface area (TPSA) is 99.5 Å². The summed E-state index contributed by atoms with van der Waals surface area (Å²) in [6.45, 7) is 2.30. The van der Waals surface area contributed by atoms with Gasteiger partial charge >= 0.3 is 5.56 Å². The van der Waals surface area contributed by atoms with Gasteiger partial charge in [-0.1, -0.05) is 43.2 Å². The Labute approximate surface area is 168 Å². The molecule has 0 bridgehead atoms. The SMILES string of the molecule is CC(=O)N1CCCCC[C@@H]2[C@@H]1C[C@@H](Cc1ccccc1)N2C(=O)c1no[nH]c1=O. The van der Waals surface area contributed by atoms with Gasteiger partial charge in [-0.25, -0.2) is 0 Å². The summed E-state index contributed by atoms with van der Waals surface area (Å²) in [7, 11) is 0. The first kappa shape index (κ1) is 19.4. The number of benzene rings is 1. The van der Waals surface area contributed by atoms with E-state index in [1.165, 1.54) is 0 Å². The molecule has 1 N–H and O–H groups in total. The fourth-order valence-corrected chi connectivity index (χ4v) is 4.88. The van der Waals surface area contributed by atoms with E-state index in [2.05, 4.69) is 14.9 Å². The van der Waals surface area contributed by atoms with Crippen LogP contribution in [0, 0.1) is 0 Å². The number of hydrogen-bond donors (Lipinski definition) is 1. The number of likely N-dealkylation sites (tertiary alicyclic amines) is 2. The van der Waals surface area contributed by atoms with Crippen molar-refractivity contribution in [3.05, 3.63) is 51.9 Å². The number of carbonyl (C=O) groups is 2. The first-order valence-electron chi connectivity index (χ1n) is 10.2. The van der Waals surface area contributed by atoms with Crippen LogP contribution < -0.4 is 5.56 Å². The van der Waals surface area contributed by atoms with Gasteiger partial charge in [0.2, 0.25) is 11.6 Å². The molecule has 29 heavy (non-hydrogen) atoms. The van der Waals surface area contributed by atoms with Crippen molar-refractivity contribution in [1.29, 1.82) is 0 Å². The molecule has 2 aliphatic rings. The lowest BCUT2D eigenvalue weighted by atomic mass is 9.96. The fourth-order valence-electron chi connectivity index (χ4n) is 4.88. The van der Waals surface area contributed by atoms with Gasteiger partial charge in [-0.2, -0.15) is 5.16 Å². The molecule has 2 aliphatic heterocycles. The van der Waals surface area contributed by atoms with Crippen LogP contribution >= 0.6 is 0 Å². The Morgan fingerprint density at radius 2 is 1.97 bits per heavy atom. The summed E-state index contributed by atoms with van der Waals surface area (Å²) in [4.78, 5) is 41.4. The Kier molecular flexibility index (Phi) is 5.51. The van der Waals surface area contributed by atoms with E-state index in [-0.39, 0.29) is 29.7 Å². The lowest BCUT2D eigenvalue weighted by Gasteiger charge is -2.37. The Bertz CT molecular complexity index is 922. The van der Waals surface area contributed by atoms with Crippen LogP contribution in [0.4, 0.5) is 0 Å². The number of hydrogen-bond acceptors (Lipinski definition) is 5.